The van der Waals surface area contributed by atoms with E-state index in [1.165, 1.54) is 59.9 Å². The highest BCUT2D eigenvalue weighted by Crippen LogP contribution is 2.34. The minimum Gasteiger partial charge on any atom is -0.462 e. The summed E-state index contributed by atoms with van der Waals surface area (Å²) in [6, 6.07) is 15.9. The zero-order valence-electron chi connectivity index (χ0n) is 19.5. The maximum atomic E-state index is 11.8. The number of benzene rings is 2. The van der Waals surface area contributed by atoms with Crippen molar-refractivity contribution >= 4 is 5.97 Å². The first kappa shape index (κ1) is 23.3. The molecule has 3 nitrogen and oxygen atoms in total. The number of carbonyl (C=O) groups excluding carboxylic acids is 1. The van der Waals surface area contributed by atoms with Crippen molar-refractivity contribution in [2.24, 2.45) is 0 Å². The summed E-state index contributed by atoms with van der Waals surface area (Å²) >= 11 is 0. The molecule has 0 amide bonds. The van der Waals surface area contributed by atoms with E-state index >= 15 is 0 Å². The minimum atomic E-state index is -0.315. The van der Waals surface area contributed by atoms with Crippen LogP contribution in [0.15, 0.2) is 54.6 Å². The molecule has 1 aliphatic rings. The van der Waals surface area contributed by atoms with E-state index in [0.29, 0.717) is 12.2 Å². The Morgan fingerprint density at radius 2 is 1.65 bits per heavy atom. The van der Waals surface area contributed by atoms with E-state index in [1.54, 1.807) is 6.92 Å². The first-order valence-corrected chi connectivity index (χ1v) is 11.6. The van der Waals surface area contributed by atoms with Crippen LogP contribution in [0.4, 0.5) is 0 Å². The summed E-state index contributed by atoms with van der Waals surface area (Å²) in [5, 5.41) is 0. The number of hydrogen-bond donors (Lipinski definition) is 0. The average molecular weight is 420 g/mol. The molecule has 1 saturated carbocycles. The molecule has 0 spiro atoms. The molecule has 0 unspecified atom stereocenters. The van der Waals surface area contributed by atoms with Gasteiger partial charge in [-0.15, -0.1) is 0 Å². The summed E-state index contributed by atoms with van der Waals surface area (Å²) in [6.07, 6.45) is 8.47. The lowest BCUT2D eigenvalue weighted by molar-refractivity contribution is -0.138. The molecule has 0 aromatic heterocycles. The van der Waals surface area contributed by atoms with E-state index in [9.17, 15) is 4.79 Å². The van der Waals surface area contributed by atoms with Gasteiger partial charge in [0.1, 0.15) is 0 Å². The van der Waals surface area contributed by atoms with Crippen molar-refractivity contribution < 1.29 is 9.53 Å². The van der Waals surface area contributed by atoms with Crippen molar-refractivity contribution in [3.8, 4) is 11.1 Å². The second-order valence-corrected chi connectivity index (χ2v) is 9.16. The van der Waals surface area contributed by atoms with E-state index in [4.69, 9.17) is 4.74 Å². The van der Waals surface area contributed by atoms with Crippen LogP contribution in [0, 0.1) is 0 Å². The van der Waals surface area contributed by atoms with Crippen LogP contribution in [0.5, 0.6) is 0 Å². The van der Waals surface area contributed by atoms with E-state index < -0.39 is 0 Å². The minimum absolute atomic E-state index is 0.315. The lowest BCUT2D eigenvalue weighted by Crippen LogP contribution is -2.16. The Morgan fingerprint density at radius 3 is 2.29 bits per heavy atom. The van der Waals surface area contributed by atoms with Crippen LogP contribution in [-0.4, -0.2) is 38.1 Å². The van der Waals surface area contributed by atoms with Gasteiger partial charge in [0.2, 0.25) is 0 Å². The summed E-state index contributed by atoms with van der Waals surface area (Å²) in [5.41, 5.74) is 6.98. The smallest absolute Gasteiger partial charge is 0.333 e. The van der Waals surface area contributed by atoms with Gasteiger partial charge in [-0.25, -0.2) is 4.79 Å². The molecule has 2 aromatic rings. The predicted molar refractivity (Wildman–Crippen MR) is 129 cm³/mol. The van der Waals surface area contributed by atoms with Crippen molar-refractivity contribution in [2.75, 3.05) is 27.2 Å². The van der Waals surface area contributed by atoms with Crippen molar-refractivity contribution in [3.63, 3.8) is 0 Å². The Bertz CT molecular complexity index is 876. The van der Waals surface area contributed by atoms with Gasteiger partial charge in [0, 0.05) is 18.5 Å². The average Bonchev–Trinajstić information content (AvgIpc) is 2.78. The summed E-state index contributed by atoms with van der Waals surface area (Å²) in [5.74, 6) is 0.416. The predicted octanol–water partition coefficient (Wildman–Crippen LogP) is 6.17. The van der Waals surface area contributed by atoms with Crippen molar-refractivity contribution in [3.05, 3.63) is 71.3 Å². The van der Waals surface area contributed by atoms with Crippen molar-refractivity contribution in [2.45, 2.75) is 57.8 Å². The molecule has 31 heavy (non-hydrogen) atoms. The Balaban J connectivity index is 1.76. The van der Waals surface area contributed by atoms with Crippen LogP contribution in [0.3, 0.4) is 0 Å². The molecule has 3 rings (SSSR count). The highest BCUT2D eigenvalue weighted by molar-refractivity contribution is 5.86. The standard InChI is InChI=1S/C28H37NO2/c1-21(2)28(30)31-19-17-27-20-26(15-14-25(27)16-18-29(3)4)24-12-10-23(11-13-24)22-8-6-5-7-9-22/h10-15,20,22H,1,5-9,16-19H2,2-4H3. The van der Waals surface area contributed by atoms with Crippen LogP contribution >= 0.6 is 0 Å². The maximum absolute atomic E-state index is 11.8. The molecule has 0 saturated heterocycles. The second kappa shape index (κ2) is 11.3. The molecule has 2 aromatic carbocycles. The van der Waals surface area contributed by atoms with Gasteiger partial charge < -0.3 is 9.64 Å². The third kappa shape index (κ3) is 6.80. The largest absolute Gasteiger partial charge is 0.462 e. The van der Waals surface area contributed by atoms with Gasteiger partial charge in [-0.3, -0.25) is 0 Å². The normalized spacial score (nSPS) is 14.6. The zero-order chi connectivity index (χ0) is 22.2. The lowest BCUT2D eigenvalue weighted by atomic mass is 9.83. The van der Waals surface area contributed by atoms with E-state index in [2.05, 4.69) is 68.0 Å². The fourth-order valence-electron chi connectivity index (χ4n) is 4.39. The lowest BCUT2D eigenvalue weighted by Gasteiger charge is -2.22. The summed E-state index contributed by atoms with van der Waals surface area (Å²) in [4.78, 5) is 14.0. The Morgan fingerprint density at radius 1 is 0.968 bits per heavy atom. The third-order valence-corrected chi connectivity index (χ3v) is 6.31. The van der Waals surface area contributed by atoms with Gasteiger partial charge in [-0.2, -0.15) is 0 Å². The number of carbonyl (C=O) groups is 1. The number of ether oxygens (including phenoxy) is 1. The SMILES string of the molecule is C=C(C)C(=O)OCCc1cc(-c2ccc(C3CCCCC3)cc2)ccc1CCN(C)C. The van der Waals surface area contributed by atoms with Crippen LogP contribution in [0.1, 0.15) is 61.6 Å². The highest BCUT2D eigenvalue weighted by Gasteiger charge is 2.15. The molecule has 166 valence electrons. The van der Waals surface area contributed by atoms with Crippen molar-refractivity contribution in [1.82, 2.24) is 4.90 Å². The number of hydrogen-bond acceptors (Lipinski definition) is 3. The Hall–Kier alpha value is -2.39. The third-order valence-electron chi connectivity index (χ3n) is 6.31. The maximum Gasteiger partial charge on any atom is 0.333 e. The molecule has 0 atom stereocenters. The number of likely N-dealkylation sites (N-methyl/N-ethyl adjacent to an activating group) is 1. The Kier molecular flexibility index (Phi) is 8.48. The molecule has 1 aliphatic carbocycles. The van der Waals surface area contributed by atoms with Crippen LogP contribution in [-0.2, 0) is 22.4 Å². The molecular weight excluding hydrogens is 382 g/mol. The van der Waals surface area contributed by atoms with Gasteiger partial charge in [0.25, 0.3) is 0 Å². The zero-order valence-corrected chi connectivity index (χ0v) is 19.5. The van der Waals surface area contributed by atoms with E-state index in [1.807, 2.05) is 0 Å². The molecule has 0 radical (unpaired) electrons. The highest BCUT2D eigenvalue weighted by atomic mass is 16.5. The fraction of sp³-hybridized carbons (Fsp3) is 0.464. The molecule has 0 heterocycles. The van der Waals surface area contributed by atoms with Crippen molar-refractivity contribution in [1.29, 1.82) is 0 Å². The summed E-state index contributed by atoms with van der Waals surface area (Å²) in [6.45, 7) is 6.72. The Labute approximate surface area is 188 Å². The molecule has 3 heteroatoms. The number of rotatable bonds is 9. The summed E-state index contributed by atoms with van der Waals surface area (Å²) < 4.78 is 5.37. The van der Waals surface area contributed by atoms with Crippen LogP contribution in [0.2, 0.25) is 0 Å². The van der Waals surface area contributed by atoms with Gasteiger partial charge >= 0.3 is 5.97 Å². The summed E-state index contributed by atoms with van der Waals surface area (Å²) in [7, 11) is 4.19. The first-order valence-electron chi connectivity index (χ1n) is 11.6. The molecule has 0 aliphatic heterocycles. The van der Waals surface area contributed by atoms with Gasteiger partial charge in [0.05, 0.1) is 6.61 Å². The first-order chi connectivity index (χ1) is 14.9. The van der Waals surface area contributed by atoms with Gasteiger partial charge in [-0.1, -0.05) is 68.3 Å². The van der Waals surface area contributed by atoms with E-state index in [0.717, 1.165) is 25.3 Å². The quantitative estimate of drug-likeness (QED) is 0.360. The van der Waals surface area contributed by atoms with Crippen LogP contribution in [0.25, 0.3) is 11.1 Å². The molecular formula is C28H37NO2. The van der Waals surface area contributed by atoms with Gasteiger partial charge in [-0.05, 0) is 74.0 Å². The van der Waals surface area contributed by atoms with E-state index in [-0.39, 0.29) is 5.97 Å². The second-order valence-electron chi connectivity index (χ2n) is 9.16. The number of esters is 1. The number of nitrogens with zero attached hydrogens (tertiary/aromatic N) is 1. The van der Waals surface area contributed by atoms with Gasteiger partial charge in [0.15, 0.2) is 0 Å². The molecule has 0 N–H and O–H groups in total. The van der Waals surface area contributed by atoms with Crippen LogP contribution < -0.4 is 0 Å². The molecule has 1 fully saturated rings. The monoisotopic (exact) mass is 419 g/mol. The molecule has 0 bridgehead atoms. The topological polar surface area (TPSA) is 29.5 Å². The fourth-order valence-corrected chi connectivity index (χ4v) is 4.39.